The second kappa shape index (κ2) is 3.94. The lowest BCUT2D eigenvalue weighted by molar-refractivity contribution is 0.413. The third kappa shape index (κ3) is 1.97. The number of aromatic nitrogens is 1. The van der Waals surface area contributed by atoms with Crippen LogP contribution in [0.5, 0.6) is 5.75 Å². The molecule has 0 aliphatic rings. The highest BCUT2D eigenvalue weighted by Gasteiger charge is 2.09. The van der Waals surface area contributed by atoms with E-state index in [0.717, 1.165) is 15.8 Å². The van der Waals surface area contributed by atoms with Crippen LogP contribution in [0, 0.1) is 0 Å². The van der Waals surface area contributed by atoms with Crippen molar-refractivity contribution >= 4 is 21.7 Å². The molecule has 0 saturated carbocycles. The lowest BCUT2D eigenvalue weighted by Crippen LogP contribution is -1.84. The zero-order valence-corrected chi connectivity index (χ0v) is 9.61. The fourth-order valence-corrected chi connectivity index (χ4v) is 1.68. The molecule has 0 spiro atoms. The van der Waals surface area contributed by atoms with Gasteiger partial charge in [0.2, 0.25) is 0 Å². The van der Waals surface area contributed by atoms with Crippen LogP contribution in [0.25, 0.3) is 11.3 Å². The van der Waals surface area contributed by atoms with Crippen LogP contribution in [-0.4, -0.2) is 12.3 Å². The first-order chi connectivity index (χ1) is 7.20. The number of ether oxygens (including phenoxy) is 1. The van der Waals surface area contributed by atoms with Crippen LogP contribution in [0.3, 0.4) is 0 Å². The van der Waals surface area contributed by atoms with Gasteiger partial charge in [0.15, 0.2) is 11.6 Å². The molecule has 2 aromatic rings. The van der Waals surface area contributed by atoms with Crippen LogP contribution >= 0.6 is 15.9 Å². The maximum atomic E-state index is 5.49. The molecule has 0 atom stereocenters. The van der Waals surface area contributed by atoms with Gasteiger partial charge in [-0.25, -0.2) is 0 Å². The highest BCUT2D eigenvalue weighted by Crippen LogP contribution is 2.32. The number of hydrogen-bond acceptors (Lipinski definition) is 4. The van der Waals surface area contributed by atoms with E-state index in [-0.39, 0.29) is 0 Å². The van der Waals surface area contributed by atoms with Gasteiger partial charge in [-0.05, 0) is 18.2 Å². The molecule has 5 heteroatoms. The number of hydrogen-bond donors (Lipinski definition) is 1. The summed E-state index contributed by atoms with van der Waals surface area (Å²) < 4.78 is 11.1. The molecule has 2 rings (SSSR count). The Kier molecular flexibility index (Phi) is 2.64. The number of benzene rings is 1. The molecule has 1 aromatic heterocycles. The van der Waals surface area contributed by atoms with Crippen LogP contribution < -0.4 is 10.5 Å². The summed E-state index contributed by atoms with van der Waals surface area (Å²) in [6.07, 6.45) is 0. The summed E-state index contributed by atoms with van der Waals surface area (Å²) in [7, 11) is 1.61. The van der Waals surface area contributed by atoms with E-state index in [4.69, 9.17) is 15.0 Å². The van der Waals surface area contributed by atoms with Gasteiger partial charge in [0.05, 0.1) is 7.11 Å². The first-order valence-electron chi connectivity index (χ1n) is 4.27. The zero-order chi connectivity index (χ0) is 10.8. The lowest BCUT2D eigenvalue weighted by atomic mass is 10.1. The summed E-state index contributed by atoms with van der Waals surface area (Å²) in [5, 5.41) is 3.63. The van der Waals surface area contributed by atoms with Crippen LogP contribution in [0.4, 0.5) is 5.82 Å². The highest BCUT2D eigenvalue weighted by atomic mass is 79.9. The van der Waals surface area contributed by atoms with Gasteiger partial charge in [-0.1, -0.05) is 21.1 Å². The number of nitrogen functional groups attached to an aromatic ring is 1. The average Bonchev–Trinajstić information content (AvgIpc) is 2.65. The van der Waals surface area contributed by atoms with Crippen molar-refractivity contribution in [3.63, 3.8) is 0 Å². The standard InChI is InChI=1S/C10H9BrN2O2/c1-14-6-2-3-8(11)7(4-6)9-5-10(12)13-15-9/h2-5H,1H3,(H2,12,13). The van der Waals surface area contributed by atoms with Crippen LogP contribution in [0.2, 0.25) is 0 Å². The van der Waals surface area contributed by atoms with Gasteiger partial charge < -0.3 is 15.0 Å². The Morgan fingerprint density at radius 1 is 1.40 bits per heavy atom. The smallest absolute Gasteiger partial charge is 0.170 e. The molecule has 0 aliphatic carbocycles. The summed E-state index contributed by atoms with van der Waals surface area (Å²) in [6.45, 7) is 0. The quantitative estimate of drug-likeness (QED) is 0.910. The number of nitrogens with zero attached hydrogens (tertiary/aromatic N) is 1. The molecule has 15 heavy (non-hydrogen) atoms. The molecule has 0 saturated heterocycles. The molecule has 0 amide bonds. The SMILES string of the molecule is COc1ccc(Br)c(-c2cc(N)no2)c1. The number of rotatable bonds is 2. The third-order valence-corrected chi connectivity index (χ3v) is 2.66. The normalized spacial score (nSPS) is 10.3. The predicted octanol–water partition coefficient (Wildman–Crippen LogP) is 2.69. The molecule has 4 nitrogen and oxygen atoms in total. The van der Waals surface area contributed by atoms with Gasteiger partial charge in [0.1, 0.15) is 5.75 Å². The summed E-state index contributed by atoms with van der Waals surface area (Å²) in [5.41, 5.74) is 6.34. The molecule has 0 fully saturated rings. The van der Waals surface area contributed by atoms with Gasteiger partial charge in [-0.15, -0.1) is 0 Å². The van der Waals surface area contributed by atoms with Crippen molar-refractivity contribution in [2.45, 2.75) is 0 Å². The van der Waals surface area contributed by atoms with Crippen molar-refractivity contribution in [1.82, 2.24) is 5.16 Å². The summed E-state index contributed by atoms with van der Waals surface area (Å²) in [6, 6.07) is 7.25. The van der Waals surface area contributed by atoms with E-state index in [1.165, 1.54) is 0 Å². The lowest BCUT2D eigenvalue weighted by Gasteiger charge is -2.03. The average molecular weight is 269 g/mol. The monoisotopic (exact) mass is 268 g/mol. The molecular formula is C10H9BrN2O2. The maximum absolute atomic E-state index is 5.49. The molecule has 0 unspecified atom stereocenters. The van der Waals surface area contributed by atoms with Crippen molar-refractivity contribution in [2.75, 3.05) is 12.8 Å². The van der Waals surface area contributed by atoms with Crippen molar-refractivity contribution in [1.29, 1.82) is 0 Å². The molecule has 1 aromatic carbocycles. The van der Waals surface area contributed by atoms with E-state index in [2.05, 4.69) is 21.1 Å². The number of nitrogens with two attached hydrogens (primary N) is 1. The van der Waals surface area contributed by atoms with Gasteiger partial charge in [0.25, 0.3) is 0 Å². The molecule has 78 valence electrons. The van der Waals surface area contributed by atoms with E-state index in [9.17, 15) is 0 Å². The van der Waals surface area contributed by atoms with Crippen molar-refractivity contribution < 1.29 is 9.26 Å². The summed E-state index contributed by atoms with van der Waals surface area (Å²) in [4.78, 5) is 0. The highest BCUT2D eigenvalue weighted by molar-refractivity contribution is 9.10. The van der Waals surface area contributed by atoms with Crippen molar-refractivity contribution in [2.24, 2.45) is 0 Å². The second-order valence-corrected chi connectivity index (χ2v) is 3.82. The molecule has 0 radical (unpaired) electrons. The molecule has 1 heterocycles. The van der Waals surface area contributed by atoms with E-state index in [0.29, 0.717) is 11.6 Å². The Morgan fingerprint density at radius 2 is 2.20 bits per heavy atom. The van der Waals surface area contributed by atoms with Gasteiger partial charge >= 0.3 is 0 Å². The largest absolute Gasteiger partial charge is 0.497 e. The molecule has 0 aliphatic heterocycles. The Hall–Kier alpha value is -1.49. The van der Waals surface area contributed by atoms with Crippen LogP contribution in [-0.2, 0) is 0 Å². The number of halogens is 1. The minimum atomic E-state index is 0.361. The van der Waals surface area contributed by atoms with Crippen LogP contribution in [0.1, 0.15) is 0 Å². The Bertz CT molecular complexity index is 482. The van der Waals surface area contributed by atoms with Crippen LogP contribution in [0.15, 0.2) is 33.3 Å². The molecule has 0 bridgehead atoms. The number of anilines is 1. The van der Waals surface area contributed by atoms with Crippen molar-refractivity contribution in [3.05, 3.63) is 28.7 Å². The van der Waals surface area contributed by atoms with E-state index in [1.54, 1.807) is 13.2 Å². The minimum absolute atomic E-state index is 0.361. The van der Waals surface area contributed by atoms with E-state index < -0.39 is 0 Å². The van der Waals surface area contributed by atoms with E-state index >= 15 is 0 Å². The van der Waals surface area contributed by atoms with E-state index in [1.807, 2.05) is 18.2 Å². The first-order valence-corrected chi connectivity index (χ1v) is 5.06. The predicted molar refractivity (Wildman–Crippen MR) is 60.6 cm³/mol. The zero-order valence-electron chi connectivity index (χ0n) is 8.03. The van der Waals surface area contributed by atoms with Gasteiger partial charge in [-0.2, -0.15) is 0 Å². The van der Waals surface area contributed by atoms with Gasteiger partial charge in [0, 0.05) is 16.1 Å². The fourth-order valence-electron chi connectivity index (χ4n) is 1.24. The topological polar surface area (TPSA) is 61.3 Å². The summed E-state index contributed by atoms with van der Waals surface area (Å²) >= 11 is 3.42. The Labute approximate surface area is 95.1 Å². The van der Waals surface area contributed by atoms with Crippen molar-refractivity contribution in [3.8, 4) is 17.1 Å². The minimum Gasteiger partial charge on any atom is -0.497 e. The first kappa shape index (κ1) is 10.0. The summed E-state index contributed by atoms with van der Waals surface area (Å²) in [5.74, 6) is 1.72. The third-order valence-electron chi connectivity index (χ3n) is 1.97. The fraction of sp³-hybridized carbons (Fsp3) is 0.100. The Morgan fingerprint density at radius 3 is 2.80 bits per heavy atom. The molecular weight excluding hydrogens is 260 g/mol. The Balaban J connectivity index is 2.51. The van der Waals surface area contributed by atoms with Gasteiger partial charge in [-0.3, -0.25) is 0 Å². The second-order valence-electron chi connectivity index (χ2n) is 2.96. The number of methoxy groups -OCH3 is 1. The maximum Gasteiger partial charge on any atom is 0.170 e. The molecule has 2 N–H and O–H groups in total.